The molecular weight excluding hydrogens is 548 g/mol. The summed E-state index contributed by atoms with van der Waals surface area (Å²) in [5, 5.41) is 0. The van der Waals surface area contributed by atoms with E-state index in [1.165, 1.54) is 27.7 Å². The first kappa shape index (κ1) is 32.6. The van der Waals surface area contributed by atoms with Crippen LogP contribution in [0, 0.1) is 0 Å². The fourth-order valence-electron chi connectivity index (χ4n) is 4.45. The van der Waals surface area contributed by atoms with Crippen LogP contribution in [0.4, 0.5) is 0 Å². The molecule has 2 aromatic rings. The van der Waals surface area contributed by atoms with E-state index in [4.69, 9.17) is 33.2 Å². The standard InChI is InChI=1S/C31H38O11/c1-20(32)37-19-27-28(39-21(2)33)29(40-22(3)34)30(41-23(4)35)31(42-27)36-17-9-8-10-24-13-15-26(16-14-24)38-18-25-11-6-5-7-12-25/h5-7,11-16,27-31H,8-10,17-19H2,1-4H3. The Morgan fingerprint density at radius 3 is 1.93 bits per heavy atom. The first-order chi connectivity index (χ1) is 20.1. The zero-order valence-corrected chi connectivity index (χ0v) is 24.3. The number of esters is 4. The number of rotatable bonds is 14. The van der Waals surface area contributed by atoms with Gasteiger partial charge in [0.15, 0.2) is 24.6 Å². The molecule has 0 aromatic heterocycles. The molecule has 1 aliphatic rings. The molecule has 42 heavy (non-hydrogen) atoms. The van der Waals surface area contributed by atoms with Gasteiger partial charge in [-0.15, -0.1) is 0 Å². The summed E-state index contributed by atoms with van der Waals surface area (Å²) in [7, 11) is 0. The molecule has 0 radical (unpaired) electrons. The minimum atomic E-state index is -1.25. The van der Waals surface area contributed by atoms with Crippen LogP contribution < -0.4 is 4.74 Å². The lowest BCUT2D eigenvalue weighted by Gasteiger charge is -2.44. The molecule has 5 unspecified atom stereocenters. The van der Waals surface area contributed by atoms with E-state index in [0.717, 1.165) is 29.7 Å². The van der Waals surface area contributed by atoms with Crippen molar-refractivity contribution in [2.24, 2.45) is 0 Å². The maximum atomic E-state index is 11.9. The second-order valence-corrected chi connectivity index (χ2v) is 9.81. The highest BCUT2D eigenvalue weighted by Gasteiger charge is 2.52. The average molecular weight is 587 g/mol. The maximum absolute atomic E-state index is 11.9. The lowest BCUT2D eigenvalue weighted by molar-refractivity contribution is -0.308. The summed E-state index contributed by atoms with van der Waals surface area (Å²) in [5.41, 5.74) is 2.23. The van der Waals surface area contributed by atoms with Gasteiger partial charge in [-0.05, 0) is 42.5 Å². The molecule has 1 heterocycles. The molecule has 11 heteroatoms. The van der Waals surface area contributed by atoms with Crippen molar-refractivity contribution in [3.05, 3.63) is 65.7 Å². The molecule has 1 aliphatic heterocycles. The number of benzene rings is 2. The summed E-state index contributed by atoms with van der Waals surface area (Å²) in [5.74, 6) is -1.86. The molecular formula is C31H38O11. The van der Waals surface area contributed by atoms with Gasteiger partial charge in [0.05, 0.1) is 0 Å². The molecule has 2 aromatic carbocycles. The third-order valence-electron chi connectivity index (χ3n) is 6.26. The van der Waals surface area contributed by atoms with E-state index in [9.17, 15) is 19.2 Å². The van der Waals surface area contributed by atoms with Gasteiger partial charge < -0.3 is 33.2 Å². The van der Waals surface area contributed by atoms with Gasteiger partial charge in [-0.2, -0.15) is 0 Å². The minimum Gasteiger partial charge on any atom is -0.489 e. The van der Waals surface area contributed by atoms with Crippen molar-refractivity contribution in [2.45, 2.75) is 84.3 Å². The largest absolute Gasteiger partial charge is 0.489 e. The second-order valence-electron chi connectivity index (χ2n) is 9.81. The summed E-state index contributed by atoms with van der Waals surface area (Å²) in [6.07, 6.45) is -3.69. The van der Waals surface area contributed by atoms with Gasteiger partial charge in [-0.25, -0.2) is 0 Å². The topological polar surface area (TPSA) is 133 Å². The highest BCUT2D eigenvalue weighted by Crippen LogP contribution is 2.30. The molecule has 0 N–H and O–H groups in total. The molecule has 5 atom stereocenters. The molecule has 0 saturated carbocycles. The van der Waals surface area contributed by atoms with E-state index in [-0.39, 0.29) is 13.2 Å². The molecule has 1 fully saturated rings. The summed E-state index contributed by atoms with van der Waals surface area (Å²) in [6.45, 7) is 5.16. The SMILES string of the molecule is CC(=O)OCC1OC(OCCCCc2ccc(OCc3ccccc3)cc2)C(OC(C)=O)C(OC(C)=O)C1OC(C)=O. The Balaban J connectivity index is 1.58. The van der Waals surface area contributed by atoms with Crippen molar-refractivity contribution in [1.29, 1.82) is 0 Å². The average Bonchev–Trinajstić information content (AvgIpc) is 2.94. The van der Waals surface area contributed by atoms with Crippen LogP contribution in [0.15, 0.2) is 54.6 Å². The number of hydrogen-bond donors (Lipinski definition) is 0. The molecule has 1 saturated heterocycles. The van der Waals surface area contributed by atoms with Crippen LogP contribution in [0.3, 0.4) is 0 Å². The molecule has 228 valence electrons. The highest BCUT2D eigenvalue weighted by molar-refractivity contribution is 5.68. The second kappa shape index (κ2) is 16.5. The first-order valence-corrected chi connectivity index (χ1v) is 13.8. The molecule has 0 bridgehead atoms. The Kier molecular flexibility index (Phi) is 12.8. The Bertz CT molecular complexity index is 1170. The summed E-state index contributed by atoms with van der Waals surface area (Å²) in [6, 6.07) is 17.8. The van der Waals surface area contributed by atoms with Gasteiger partial charge in [-0.3, -0.25) is 19.2 Å². The van der Waals surface area contributed by atoms with E-state index in [2.05, 4.69) is 0 Å². The van der Waals surface area contributed by atoms with Crippen LogP contribution in [0.25, 0.3) is 0 Å². The smallest absolute Gasteiger partial charge is 0.303 e. The van der Waals surface area contributed by atoms with Crippen LogP contribution in [0.2, 0.25) is 0 Å². The lowest BCUT2D eigenvalue weighted by Crippen LogP contribution is -2.63. The monoisotopic (exact) mass is 586 g/mol. The number of aryl methyl sites for hydroxylation is 1. The minimum absolute atomic E-state index is 0.228. The van der Waals surface area contributed by atoms with E-state index in [1.54, 1.807) is 0 Å². The van der Waals surface area contributed by atoms with E-state index in [1.807, 2.05) is 54.6 Å². The Labute approximate surface area is 245 Å². The van der Waals surface area contributed by atoms with Crippen LogP contribution in [0.5, 0.6) is 5.75 Å². The van der Waals surface area contributed by atoms with Gasteiger partial charge >= 0.3 is 23.9 Å². The zero-order chi connectivity index (χ0) is 30.5. The Hall–Kier alpha value is -3.96. The molecule has 0 aliphatic carbocycles. The van der Waals surface area contributed by atoms with Crippen LogP contribution >= 0.6 is 0 Å². The molecule has 11 nitrogen and oxygen atoms in total. The summed E-state index contributed by atoms with van der Waals surface area (Å²) < 4.78 is 39.0. The normalized spacial score (nSPS) is 21.6. The lowest BCUT2D eigenvalue weighted by atomic mass is 9.98. The number of ether oxygens (including phenoxy) is 7. The van der Waals surface area contributed by atoms with Crippen molar-refractivity contribution in [2.75, 3.05) is 13.2 Å². The number of carbonyl (C=O) groups excluding carboxylic acids is 4. The first-order valence-electron chi connectivity index (χ1n) is 13.8. The van der Waals surface area contributed by atoms with Gasteiger partial charge in [-0.1, -0.05) is 42.5 Å². The molecule has 0 amide bonds. The predicted molar refractivity (Wildman–Crippen MR) is 148 cm³/mol. The third kappa shape index (κ3) is 10.8. The molecule has 3 rings (SSSR count). The van der Waals surface area contributed by atoms with Crippen molar-refractivity contribution < 1.29 is 52.3 Å². The van der Waals surface area contributed by atoms with Crippen LogP contribution in [-0.2, 0) is 60.6 Å². The summed E-state index contributed by atoms with van der Waals surface area (Å²) >= 11 is 0. The zero-order valence-electron chi connectivity index (χ0n) is 24.3. The molecule has 0 spiro atoms. The van der Waals surface area contributed by atoms with Crippen molar-refractivity contribution in [3.63, 3.8) is 0 Å². The Morgan fingerprint density at radius 1 is 0.690 bits per heavy atom. The van der Waals surface area contributed by atoms with Gasteiger partial charge in [0.2, 0.25) is 0 Å². The number of carbonyl (C=O) groups is 4. The predicted octanol–water partition coefficient (Wildman–Crippen LogP) is 3.69. The Morgan fingerprint density at radius 2 is 1.31 bits per heavy atom. The van der Waals surface area contributed by atoms with Gasteiger partial charge in [0.25, 0.3) is 0 Å². The quantitative estimate of drug-likeness (QED) is 0.182. The third-order valence-corrected chi connectivity index (χ3v) is 6.26. The van der Waals surface area contributed by atoms with E-state index < -0.39 is 54.6 Å². The highest BCUT2D eigenvalue weighted by atomic mass is 16.7. The van der Waals surface area contributed by atoms with Crippen molar-refractivity contribution in [1.82, 2.24) is 0 Å². The maximum Gasteiger partial charge on any atom is 0.303 e. The fraction of sp³-hybridized carbons (Fsp3) is 0.484. The van der Waals surface area contributed by atoms with Crippen molar-refractivity contribution >= 4 is 23.9 Å². The van der Waals surface area contributed by atoms with Gasteiger partial charge in [0, 0.05) is 34.3 Å². The van der Waals surface area contributed by atoms with Gasteiger partial charge in [0.1, 0.15) is 25.1 Å². The van der Waals surface area contributed by atoms with E-state index in [0.29, 0.717) is 13.0 Å². The summed E-state index contributed by atoms with van der Waals surface area (Å²) in [4.78, 5) is 47.2. The van der Waals surface area contributed by atoms with Crippen LogP contribution in [-0.4, -0.2) is 67.8 Å². The van der Waals surface area contributed by atoms with Crippen molar-refractivity contribution in [3.8, 4) is 5.75 Å². The number of unbranched alkanes of at least 4 members (excludes halogenated alkanes) is 1. The van der Waals surface area contributed by atoms with Crippen LogP contribution in [0.1, 0.15) is 51.7 Å². The fourth-order valence-corrected chi connectivity index (χ4v) is 4.45. The van der Waals surface area contributed by atoms with E-state index >= 15 is 0 Å². The number of hydrogen-bond acceptors (Lipinski definition) is 11.